The number of nitro groups is 1. The first-order chi connectivity index (χ1) is 9.19. The van der Waals surface area contributed by atoms with E-state index in [0.717, 1.165) is 0 Å². The van der Waals surface area contributed by atoms with E-state index in [1.807, 2.05) is 6.92 Å². The van der Waals surface area contributed by atoms with Gasteiger partial charge in [-0.3, -0.25) is 10.1 Å². The number of nitro benzene ring substituents is 1. The smallest absolute Gasteiger partial charge is 0.275 e. The molecule has 0 aliphatic rings. The van der Waals surface area contributed by atoms with Crippen LogP contribution in [0.3, 0.4) is 0 Å². The first-order valence-corrected chi connectivity index (χ1v) is 5.74. The molecule has 1 N–H and O–H groups in total. The van der Waals surface area contributed by atoms with Crippen LogP contribution in [-0.2, 0) is 6.54 Å². The highest BCUT2D eigenvalue weighted by Gasteiger charge is 2.10. The molecule has 100 valence electrons. The molecule has 1 heterocycles. The quantitative estimate of drug-likeness (QED) is 0.636. The number of hydrogen-bond donors (Lipinski definition) is 1. The van der Waals surface area contributed by atoms with E-state index in [2.05, 4.69) is 10.5 Å². The van der Waals surface area contributed by atoms with E-state index in [-0.39, 0.29) is 5.69 Å². The Balaban J connectivity index is 2.16. The number of hydrogen-bond acceptors (Lipinski definition) is 6. The van der Waals surface area contributed by atoms with E-state index in [9.17, 15) is 10.1 Å². The average Bonchev–Trinajstić information content (AvgIpc) is 2.89. The van der Waals surface area contributed by atoms with Crippen LogP contribution in [0.4, 0.5) is 11.4 Å². The highest BCUT2D eigenvalue weighted by Crippen LogP contribution is 2.26. The lowest BCUT2D eigenvalue weighted by Gasteiger charge is -2.08. The zero-order valence-electron chi connectivity index (χ0n) is 10.3. The fourth-order valence-corrected chi connectivity index (χ4v) is 1.56. The van der Waals surface area contributed by atoms with Crippen molar-refractivity contribution in [1.82, 2.24) is 5.16 Å². The summed E-state index contributed by atoms with van der Waals surface area (Å²) in [7, 11) is 0. The highest BCUT2D eigenvalue weighted by molar-refractivity contribution is 5.56. The van der Waals surface area contributed by atoms with Crippen molar-refractivity contribution in [3.05, 3.63) is 46.3 Å². The molecule has 0 saturated carbocycles. The molecule has 0 amide bonds. The molecule has 0 aliphatic carbocycles. The van der Waals surface area contributed by atoms with Crippen molar-refractivity contribution < 1.29 is 14.2 Å². The van der Waals surface area contributed by atoms with Crippen molar-refractivity contribution in [2.45, 2.75) is 13.5 Å². The van der Waals surface area contributed by atoms with Crippen LogP contribution in [0, 0.1) is 10.1 Å². The fourth-order valence-electron chi connectivity index (χ4n) is 1.56. The van der Waals surface area contributed by atoms with Gasteiger partial charge in [0.1, 0.15) is 5.75 Å². The topological polar surface area (TPSA) is 90.4 Å². The lowest BCUT2D eigenvalue weighted by molar-refractivity contribution is -0.384. The molecular weight excluding hydrogens is 250 g/mol. The predicted molar refractivity (Wildman–Crippen MR) is 68.1 cm³/mol. The first-order valence-electron chi connectivity index (χ1n) is 5.74. The average molecular weight is 263 g/mol. The van der Waals surface area contributed by atoms with Crippen LogP contribution in [0.5, 0.6) is 5.75 Å². The summed E-state index contributed by atoms with van der Waals surface area (Å²) >= 11 is 0. The van der Waals surface area contributed by atoms with E-state index < -0.39 is 4.92 Å². The summed E-state index contributed by atoms with van der Waals surface area (Å²) in [5.41, 5.74) is 0.570. The third kappa shape index (κ3) is 3.44. The Hall–Kier alpha value is -2.57. The molecule has 0 atom stereocenters. The van der Waals surface area contributed by atoms with Crippen molar-refractivity contribution in [2.24, 2.45) is 0 Å². The van der Waals surface area contributed by atoms with Crippen LogP contribution in [0.25, 0.3) is 0 Å². The molecule has 0 spiro atoms. The summed E-state index contributed by atoms with van der Waals surface area (Å²) in [5, 5.41) is 17.4. The van der Waals surface area contributed by atoms with Gasteiger partial charge in [0.25, 0.3) is 5.69 Å². The van der Waals surface area contributed by atoms with Crippen LogP contribution < -0.4 is 10.1 Å². The molecule has 1 aromatic carbocycles. The van der Waals surface area contributed by atoms with E-state index in [0.29, 0.717) is 30.3 Å². The maximum absolute atomic E-state index is 10.8. The van der Waals surface area contributed by atoms with Gasteiger partial charge in [0, 0.05) is 23.9 Å². The van der Waals surface area contributed by atoms with Gasteiger partial charge in [-0.25, -0.2) is 0 Å². The Morgan fingerprint density at radius 1 is 1.47 bits per heavy atom. The first kappa shape index (κ1) is 12.9. The van der Waals surface area contributed by atoms with Crippen LogP contribution in [0.2, 0.25) is 0 Å². The van der Waals surface area contributed by atoms with Crippen LogP contribution in [0.15, 0.2) is 35.0 Å². The van der Waals surface area contributed by atoms with Gasteiger partial charge in [0.2, 0.25) is 0 Å². The molecule has 2 aromatic rings. The Morgan fingerprint density at radius 2 is 2.32 bits per heavy atom. The Morgan fingerprint density at radius 3 is 2.95 bits per heavy atom. The lowest BCUT2D eigenvalue weighted by atomic mass is 10.2. The molecule has 0 bridgehead atoms. The normalized spacial score (nSPS) is 10.2. The predicted octanol–water partition coefficient (Wildman–Crippen LogP) is 2.59. The summed E-state index contributed by atoms with van der Waals surface area (Å²) in [6, 6.07) is 6.25. The Labute approximate surface area is 109 Å². The minimum Gasteiger partial charge on any atom is -0.494 e. The zero-order chi connectivity index (χ0) is 13.7. The summed E-state index contributed by atoms with van der Waals surface area (Å²) < 4.78 is 10.2. The van der Waals surface area contributed by atoms with Gasteiger partial charge in [-0.15, -0.1) is 0 Å². The summed E-state index contributed by atoms with van der Waals surface area (Å²) in [4.78, 5) is 10.4. The second-order valence-electron chi connectivity index (χ2n) is 3.74. The molecule has 7 heteroatoms. The Kier molecular flexibility index (Phi) is 3.97. The maximum atomic E-state index is 10.8. The largest absolute Gasteiger partial charge is 0.494 e. The SMILES string of the molecule is CCOc1cc(NCc2ccno2)cc([N+](=O)[O-])c1. The monoisotopic (exact) mass is 263 g/mol. The second kappa shape index (κ2) is 5.85. The standard InChI is InChI=1S/C12H13N3O4/c1-2-18-12-6-9(5-10(7-12)15(16)17)13-8-11-3-4-14-19-11/h3-7,13H,2,8H2,1H3. The van der Waals surface area contributed by atoms with E-state index in [4.69, 9.17) is 9.26 Å². The third-order valence-electron chi connectivity index (χ3n) is 2.37. The molecule has 2 rings (SSSR count). The number of rotatable bonds is 6. The Bertz CT molecular complexity index is 554. The third-order valence-corrected chi connectivity index (χ3v) is 2.37. The lowest BCUT2D eigenvalue weighted by Crippen LogP contribution is -2.01. The van der Waals surface area contributed by atoms with E-state index in [1.165, 1.54) is 18.3 Å². The maximum Gasteiger partial charge on any atom is 0.275 e. The second-order valence-corrected chi connectivity index (χ2v) is 3.74. The van der Waals surface area contributed by atoms with Gasteiger partial charge in [-0.2, -0.15) is 0 Å². The molecule has 0 aliphatic heterocycles. The molecule has 0 radical (unpaired) electrons. The molecule has 0 unspecified atom stereocenters. The summed E-state index contributed by atoms with van der Waals surface area (Å²) in [6.45, 7) is 2.66. The fraction of sp³-hybridized carbons (Fsp3) is 0.250. The van der Waals surface area contributed by atoms with Gasteiger partial charge in [-0.05, 0) is 6.92 Å². The minimum atomic E-state index is -0.456. The van der Waals surface area contributed by atoms with E-state index >= 15 is 0 Å². The summed E-state index contributed by atoms with van der Waals surface area (Å²) in [5.74, 6) is 1.10. The summed E-state index contributed by atoms with van der Waals surface area (Å²) in [6.07, 6.45) is 1.54. The number of aromatic nitrogens is 1. The van der Waals surface area contributed by atoms with Gasteiger partial charge >= 0.3 is 0 Å². The molecule has 7 nitrogen and oxygen atoms in total. The van der Waals surface area contributed by atoms with Crippen LogP contribution in [-0.4, -0.2) is 16.7 Å². The number of nitrogens with one attached hydrogen (secondary N) is 1. The highest BCUT2D eigenvalue weighted by atomic mass is 16.6. The molecule has 19 heavy (non-hydrogen) atoms. The number of nitrogens with zero attached hydrogens (tertiary/aromatic N) is 2. The zero-order valence-corrected chi connectivity index (χ0v) is 10.3. The van der Waals surface area contributed by atoms with Gasteiger partial charge in [-0.1, -0.05) is 5.16 Å². The number of non-ortho nitro benzene ring substituents is 1. The molecule has 0 saturated heterocycles. The van der Waals surface area contributed by atoms with Gasteiger partial charge in [0.05, 0.1) is 30.3 Å². The number of ether oxygens (including phenoxy) is 1. The minimum absolute atomic E-state index is 0.0222. The number of benzene rings is 1. The van der Waals surface area contributed by atoms with Crippen LogP contribution in [0.1, 0.15) is 12.7 Å². The van der Waals surface area contributed by atoms with Crippen molar-refractivity contribution in [3.63, 3.8) is 0 Å². The van der Waals surface area contributed by atoms with Crippen molar-refractivity contribution in [1.29, 1.82) is 0 Å². The van der Waals surface area contributed by atoms with Gasteiger partial charge < -0.3 is 14.6 Å². The van der Waals surface area contributed by atoms with Gasteiger partial charge in [0.15, 0.2) is 5.76 Å². The molecule has 0 fully saturated rings. The van der Waals surface area contributed by atoms with Crippen molar-refractivity contribution in [2.75, 3.05) is 11.9 Å². The van der Waals surface area contributed by atoms with Crippen molar-refractivity contribution in [3.8, 4) is 5.75 Å². The molecular formula is C12H13N3O4. The van der Waals surface area contributed by atoms with Crippen LogP contribution >= 0.6 is 0 Å². The van der Waals surface area contributed by atoms with Crippen molar-refractivity contribution >= 4 is 11.4 Å². The molecule has 1 aromatic heterocycles. The number of anilines is 1. The van der Waals surface area contributed by atoms with E-state index in [1.54, 1.807) is 12.1 Å².